The summed E-state index contributed by atoms with van der Waals surface area (Å²) >= 11 is 3.43. The van der Waals surface area contributed by atoms with Crippen LogP contribution >= 0.6 is 15.9 Å². The number of benzene rings is 1. The number of halogens is 1. The zero-order valence-electron chi connectivity index (χ0n) is 11.3. The fourth-order valence-corrected chi connectivity index (χ4v) is 3.33. The minimum atomic E-state index is -0.463. The van der Waals surface area contributed by atoms with Gasteiger partial charge in [-0.05, 0) is 32.3 Å². The van der Waals surface area contributed by atoms with Gasteiger partial charge in [0.05, 0.1) is 4.92 Å². The highest BCUT2D eigenvalue weighted by atomic mass is 79.9. The first-order chi connectivity index (χ1) is 9.56. The highest BCUT2D eigenvalue weighted by Gasteiger charge is 2.31. The molecule has 108 valence electrons. The number of piperidine rings is 1. The fraction of sp³-hybridized carbons (Fsp3) is 0.500. The highest BCUT2D eigenvalue weighted by Crippen LogP contribution is 2.27. The lowest BCUT2D eigenvalue weighted by Gasteiger charge is -2.34. The van der Waals surface area contributed by atoms with Gasteiger partial charge in [0.15, 0.2) is 0 Å². The van der Waals surface area contributed by atoms with E-state index < -0.39 is 4.92 Å². The van der Waals surface area contributed by atoms with E-state index in [4.69, 9.17) is 0 Å². The molecule has 1 saturated heterocycles. The molecule has 1 amide bonds. The summed E-state index contributed by atoms with van der Waals surface area (Å²) in [6.07, 6.45) is 2.99. The van der Waals surface area contributed by atoms with Gasteiger partial charge in [0.1, 0.15) is 5.56 Å². The zero-order chi connectivity index (χ0) is 14.7. The second-order valence-corrected chi connectivity index (χ2v) is 5.68. The average Bonchev–Trinajstić information content (AvgIpc) is 2.45. The number of rotatable bonds is 3. The van der Waals surface area contributed by atoms with Crippen LogP contribution in [0.3, 0.4) is 0 Å². The number of amides is 1. The van der Waals surface area contributed by atoms with E-state index in [0.29, 0.717) is 17.4 Å². The number of carbonyl (C=O) groups is 1. The van der Waals surface area contributed by atoms with Gasteiger partial charge in [0.2, 0.25) is 0 Å². The summed E-state index contributed by atoms with van der Waals surface area (Å²) in [7, 11) is 0. The van der Waals surface area contributed by atoms with Crippen molar-refractivity contribution in [1.29, 1.82) is 0 Å². The molecule has 0 N–H and O–H groups in total. The largest absolute Gasteiger partial charge is 0.335 e. The normalized spacial score (nSPS) is 18.9. The monoisotopic (exact) mass is 340 g/mol. The number of nitro groups is 1. The van der Waals surface area contributed by atoms with Gasteiger partial charge in [-0.15, -0.1) is 0 Å². The molecule has 0 aliphatic carbocycles. The van der Waals surface area contributed by atoms with Gasteiger partial charge in [-0.3, -0.25) is 14.9 Å². The van der Waals surface area contributed by atoms with Crippen molar-refractivity contribution >= 4 is 27.5 Å². The molecule has 0 spiro atoms. The van der Waals surface area contributed by atoms with E-state index in [2.05, 4.69) is 15.9 Å². The Morgan fingerprint density at radius 2 is 2.25 bits per heavy atom. The van der Waals surface area contributed by atoms with Gasteiger partial charge in [0.25, 0.3) is 11.6 Å². The summed E-state index contributed by atoms with van der Waals surface area (Å²) in [6, 6.07) is 5.03. The van der Waals surface area contributed by atoms with Gasteiger partial charge in [0, 0.05) is 23.5 Å². The number of hydrogen-bond acceptors (Lipinski definition) is 3. The Hall–Kier alpha value is -1.43. The summed E-state index contributed by atoms with van der Waals surface area (Å²) in [5.74, 6) is -0.232. The summed E-state index contributed by atoms with van der Waals surface area (Å²) in [5, 5.41) is 11.9. The Morgan fingerprint density at radius 3 is 2.90 bits per heavy atom. The van der Waals surface area contributed by atoms with Crippen molar-refractivity contribution in [2.45, 2.75) is 32.2 Å². The van der Waals surface area contributed by atoms with E-state index in [1.54, 1.807) is 30.0 Å². The lowest BCUT2D eigenvalue weighted by molar-refractivity contribution is -0.385. The number of likely N-dealkylation sites (tertiary alicyclic amines) is 1. The first-order valence-electron chi connectivity index (χ1n) is 6.67. The standard InChI is InChI=1S/C14H17BrN2O3/c1-10-5-4-7-12(13(10)17(19)20)14(18)16-8-3-2-6-11(16)9-15/h4-5,7,11H,2-3,6,8-9H2,1H3. The van der Waals surface area contributed by atoms with Gasteiger partial charge in [-0.1, -0.05) is 28.1 Å². The predicted octanol–water partition coefficient (Wildman–Crippen LogP) is 3.29. The van der Waals surface area contributed by atoms with Crippen molar-refractivity contribution in [3.8, 4) is 0 Å². The van der Waals surface area contributed by atoms with Crippen LogP contribution in [0.1, 0.15) is 35.2 Å². The molecule has 1 aliphatic rings. The molecule has 5 nitrogen and oxygen atoms in total. The van der Waals surface area contributed by atoms with Gasteiger partial charge in [-0.2, -0.15) is 0 Å². The van der Waals surface area contributed by atoms with Gasteiger partial charge >= 0.3 is 0 Å². The first kappa shape index (κ1) is 15.0. The topological polar surface area (TPSA) is 63.5 Å². The van der Waals surface area contributed by atoms with Gasteiger partial charge < -0.3 is 4.90 Å². The highest BCUT2D eigenvalue weighted by molar-refractivity contribution is 9.09. The van der Waals surface area contributed by atoms with Crippen molar-refractivity contribution < 1.29 is 9.72 Å². The number of hydrogen-bond donors (Lipinski definition) is 0. The third-order valence-corrected chi connectivity index (χ3v) is 4.46. The number of nitro benzene ring substituents is 1. The molecule has 0 bridgehead atoms. The van der Waals surface area contributed by atoms with Crippen LogP contribution in [0.4, 0.5) is 5.69 Å². The van der Waals surface area contributed by atoms with Crippen molar-refractivity contribution in [3.05, 3.63) is 39.4 Å². The fourth-order valence-electron chi connectivity index (χ4n) is 2.66. The van der Waals surface area contributed by atoms with Crippen molar-refractivity contribution in [3.63, 3.8) is 0 Å². The van der Waals surface area contributed by atoms with Crippen molar-refractivity contribution in [1.82, 2.24) is 4.90 Å². The second kappa shape index (κ2) is 6.35. The molecule has 0 radical (unpaired) electrons. The number of nitrogens with zero attached hydrogens (tertiary/aromatic N) is 2. The van der Waals surface area contributed by atoms with Crippen LogP contribution in [-0.4, -0.2) is 33.6 Å². The quantitative estimate of drug-likeness (QED) is 0.481. The molecular weight excluding hydrogens is 324 g/mol. The lowest BCUT2D eigenvalue weighted by Crippen LogP contribution is -2.44. The molecule has 0 aromatic heterocycles. The molecular formula is C14H17BrN2O3. The van der Waals surface area contributed by atoms with Crippen LogP contribution < -0.4 is 0 Å². The van der Waals surface area contributed by atoms with E-state index in [-0.39, 0.29) is 23.2 Å². The van der Waals surface area contributed by atoms with E-state index in [1.165, 1.54) is 0 Å². The number of carbonyl (C=O) groups excluding carboxylic acids is 1. The van der Waals surface area contributed by atoms with E-state index in [9.17, 15) is 14.9 Å². The Labute approximate surface area is 126 Å². The van der Waals surface area contributed by atoms with E-state index in [1.807, 2.05) is 0 Å². The SMILES string of the molecule is Cc1cccc(C(=O)N2CCCCC2CBr)c1[N+](=O)[O-]. The average molecular weight is 341 g/mol. The molecule has 0 saturated carbocycles. The van der Waals surface area contributed by atoms with Gasteiger partial charge in [-0.25, -0.2) is 0 Å². The second-order valence-electron chi connectivity index (χ2n) is 5.03. The molecule has 1 fully saturated rings. The Balaban J connectivity index is 2.38. The van der Waals surface area contributed by atoms with Crippen molar-refractivity contribution in [2.24, 2.45) is 0 Å². The van der Waals surface area contributed by atoms with E-state index >= 15 is 0 Å². The molecule has 1 aliphatic heterocycles. The zero-order valence-corrected chi connectivity index (χ0v) is 12.9. The molecule has 2 rings (SSSR count). The van der Waals surface area contributed by atoms with E-state index in [0.717, 1.165) is 19.3 Å². The molecule has 1 unspecified atom stereocenters. The molecule has 6 heteroatoms. The third-order valence-electron chi connectivity index (χ3n) is 3.72. The summed E-state index contributed by atoms with van der Waals surface area (Å²) in [4.78, 5) is 25.2. The smallest absolute Gasteiger partial charge is 0.285 e. The first-order valence-corrected chi connectivity index (χ1v) is 7.79. The maximum atomic E-state index is 12.6. The molecule has 1 atom stereocenters. The number of aryl methyl sites for hydroxylation is 1. The molecule has 1 aromatic carbocycles. The summed E-state index contributed by atoms with van der Waals surface area (Å²) in [5.41, 5.74) is 0.646. The molecule has 1 aromatic rings. The number of alkyl halides is 1. The number of para-hydroxylation sites is 1. The van der Waals surface area contributed by atoms with Crippen LogP contribution in [0, 0.1) is 17.0 Å². The maximum Gasteiger partial charge on any atom is 0.285 e. The lowest BCUT2D eigenvalue weighted by atomic mass is 10.0. The third kappa shape index (κ3) is 2.85. The minimum absolute atomic E-state index is 0.0728. The predicted molar refractivity (Wildman–Crippen MR) is 80.3 cm³/mol. The molecule has 1 heterocycles. The minimum Gasteiger partial charge on any atom is -0.335 e. The Kier molecular flexibility index (Phi) is 4.75. The van der Waals surface area contributed by atoms with Crippen molar-refractivity contribution in [2.75, 3.05) is 11.9 Å². The molecule has 20 heavy (non-hydrogen) atoms. The van der Waals surface area contributed by atoms with Crippen LogP contribution in [0.5, 0.6) is 0 Å². The summed E-state index contributed by atoms with van der Waals surface area (Å²) in [6.45, 7) is 2.33. The van der Waals surface area contributed by atoms with Crippen LogP contribution in [0.25, 0.3) is 0 Å². The summed E-state index contributed by atoms with van der Waals surface area (Å²) < 4.78 is 0. The Bertz CT molecular complexity index is 533. The van der Waals surface area contributed by atoms with Crippen LogP contribution in [-0.2, 0) is 0 Å². The maximum absolute atomic E-state index is 12.6. The van der Waals surface area contributed by atoms with Crippen LogP contribution in [0.2, 0.25) is 0 Å². The van der Waals surface area contributed by atoms with Crippen LogP contribution in [0.15, 0.2) is 18.2 Å². The Morgan fingerprint density at radius 1 is 1.50 bits per heavy atom.